The standard InChI is InChI=1S/C20H18F2N2O3/c21-14-6-12(7-15(22)8-14)11-24-5-4-20(19(24)26)9-13-2-1-3-16(17(13)10-20)18(25)23-27/h1-3,6-8,27H,4-5,9-11H2,(H,23,25). The van der Waals surface area contributed by atoms with Crippen molar-refractivity contribution in [3.05, 3.63) is 70.3 Å². The van der Waals surface area contributed by atoms with Gasteiger partial charge < -0.3 is 4.90 Å². The number of amides is 2. The maximum atomic E-state index is 13.4. The number of nitrogens with one attached hydrogen (secondary N) is 1. The van der Waals surface area contributed by atoms with Gasteiger partial charge in [0.1, 0.15) is 11.6 Å². The van der Waals surface area contributed by atoms with E-state index in [4.69, 9.17) is 5.21 Å². The third-order valence-corrected chi connectivity index (χ3v) is 5.56. The Morgan fingerprint density at radius 1 is 1.19 bits per heavy atom. The van der Waals surface area contributed by atoms with Crippen LogP contribution in [0.25, 0.3) is 0 Å². The molecule has 2 amide bonds. The van der Waals surface area contributed by atoms with Crippen LogP contribution in [0.3, 0.4) is 0 Å². The van der Waals surface area contributed by atoms with Crippen LogP contribution in [0.5, 0.6) is 0 Å². The van der Waals surface area contributed by atoms with E-state index in [0.717, 1.165) is 17.2 Å². The van der Waals surface area contributed by atoms with Crippen LogP contribution in [0.15, 0.2) is 36.4 Å². The van der Waals surface area contributed by atoms with Gasteiger partial charge in [-0.25, -0.2) is 14.3 Å². The van der Waals surface area contributed by atoms with Crippen LogP contribution in [0.2, 0.25) is 0 Å². The number of nitrogens with zero attached hydrogens (tertiary/aromatic N) is 1. The number of benzene rings is 2. The van der Waals surface area contributed by atoms with Crippen molar-refractivity contribution in [1.29, 1.82) is 0 Å². The summed E-state index contributed by atoms with van der Waals surface area (Å²) in [5.74, 6) is -2.00. The molecule has 7 heteroatoms. The van der Waals surface area contributed by atoms with E-state index in [-0.39, 0.29) is 12.5 Å². The minimum Gasteiger partial charge on any atom is -0.338 e. The summed E-state index contributed by atoms with van der Waals surface area (Å²) < 4.78 is 26.8. The Morgan fingerprint density at radius 3 is 2.63 bits per heavy atom. The van der Waals surface area contributed by atoms with Gasteiger partial charge in [-0.2, -0.15) is 0 Å². The van der Waals surface area contributed by atoms with Gasteiger partial charge in [-0.1, -0.05) is 12.1 Å². The lowest BCUT2D eigenvalue weighted by molar-refractivity contribution is -0.136. The molecule has 1 spiro atoms. The summed E-state index contributed by atoms with van der Waals surface area (Å²) in [4.78, 5) is 26.6. The number of carbonyl (C=O) groups is 2. The molecule has 2 aromatic rings. The molecular formula is C20H18F2N2O3. The lowest BCUT2D eigenvalue weighted by Crippen LogP contribution is -2.35. The average Bonchev–Trinajstić information content (AvgIpc) is 3.15. The van der Waals surface area contributed by atoms with Crippen molar-refractivity contribution in [2.24, 2.45) is 5.41 Å². The molecule has 1 aliphatic carbocycles. The summed E-state index contributed by atoms with van der Waals surface area (Å²) >= 11 is 0. The summed E-state index contributed by atoms with van der Waals surface area (Å²) in [5, 5.41) is 8.94. The van der Waals surface area contributed by atoms with E-state index in [9.17, 15) is 18.4 Å². The lowest BCUT2D eigenvalue weighted by Gasteiger charge is -2.23. The number of hydroxylamine groups is 1. The number of rotatable bonds is 3. The first-order chi connectivity index (χ1) is 12.9. The molecule has 1 saturated heterocycles. The number of halogens is 2. The third-order valence-electron chi connectivity index (χ3n) is 5.56. The monoisotopic (exact) mass is 372 g/mol. The van der Waals surface area contributed by atoms with Crippen molar-refractivity contribution in [2.75, 3.05) is 6.54 Å². The van der Waals surface area contributed by atoms with E-state index < -0.39 is 23.0 Å². The highest BCUT2D eigenvalue weighted by Crippen LogP contribution is 2.46. The molecule has 2 aromatic carbocycles. The molecule has 1 heterocycles. The maximum absolute atomic E-state index is 13.4. The average molecular weight is 372 g/mol. The fourth-order valence-corrected chi connectivity index (χ4v) is 4.34. The van der Waals surface area contributed by atoms with Gasteiger partial charge >= 0.3 is 0 Å². The predicted octanol–water partition coefficient (Wildman–Crippen LogP) is 2.60. The van der Waals surface area contributed by atoms with E-state index in [1.165, 1.54) is 12.1 Å². The van der Waals surface area contributed by atoms with Crippen LogP contribution in [-0.2, 0) is 24.2 Å². The Kier molecular flexibility index (Phi) is 4.19. The van der Waals surface area contributed by atoms with Gasteiger partial charge in [0, 0.05) is 24.7 Å². The quantitative estimate of drug-likeness (QED) is 0.643. The zero-order chi connectivity index (χ0) is 19.2. The van der Waals surface area contributed by atoms with Crippen LogP contribution in [0.1, 0.15) is 33.5 Å². The van der Waals surface area contributed by atoms with Gasteiger partial charge in [-0.05, 0) is 54.2 Å². The van der Waals surface area contributed by atoms with Crippen molar-refractivity contribution >= 4 is 11.8 Å². The highest BCUT2D eigenvalue weighted by Gasteiger charge is 2.50. The van der Waals surface area contributed by atoms with E-state index >= 15 is 0 Å². The van der Waals surface area contributed by atoms with Crippen molar-refractivity contribution in [1.82, 2.24) is 10.4 Å². The van der Waals surface area contributed by atoms with Gasteiger partial charge in [0.25, 0.3) is 5.91 Å². The Labute approximate surface area is 154 Å². The second-order valence-electron chi connectivity index (χ2n) is 7.27. The van der Waals surface area contributed by atoms with Crippen molar-refractivity contribution in [3.8, 4) is 0 Å². The van der Waals surface area contributed by atoms with E-state index in [2.05, 4.69) is 0 Å². The van der Waals surface area contributed by atoms with Gasteiger partial charge in [0.15, 0.2) is 0 Å². The highest BCUT2D eigenvalue weighted by atomic mass is 19.1. The summed E-state index contributed by atoms with van der Waals surface area (Å²) in [6.45, 7) is 0.641. The molecule has 1 unspecified atom stereocenters. The molecule has 4 rings (SSSR count). The zero-order valence-corrected chi connectivity index (χ0v) is 14.5. The van der Waals surface area contributed by atoms with E-state index in [0.29, 0.717) is 36.9 Å². The van der Waals surface area contributed by atoms with Crippen molar-refractivity contribution in [3.63, 3.8) is 0 Å². The van der Waals surface area contributed by atoms with E-state index in [1.54, 1.807) is 22.5 Å². The van der Waals surface area contributed by atoms with Crippen LogP contribution in [0, 0.1) is 17.0 Å². The first-order valence-corrected chi connectivity index (χ1v) is 8.71. The smallest absolute Gasteiger partial charge is 0.274 e. The Hall–Kier alpha value is -2.80. The molecule has 1 aliphatic heterocycles. The number of hydrogen-bond acceptors (Lipinski definition) is 3. The highest BCUT2D eigenvalue weighted by molar-refractivity contribution is 5.96. The van der Waals surface area contributed by atoms with E-state index in [1.807, 2.05) is 6.07 Å². The topological polar surface area (TPSA) is 69.6 Å². The Morgan fingerprint density at radius 2 is 1.93 bits per heavy atom. The minimum atomic E-state index is -0.667. The van der Waals surface area contributed by atoms with Crippen LogP contribution in [0.4, 0.5) is 8.78 Å². The van der Waals surface area contributed by atoms with Crippen LogP contribution < -0.4 is 5.48 Å². The molecule has 1 atom stereocenters. The van der Waals surface area contributed by atoms with Gasteiger partial charge in [0.05, 0.1) is 5.41 Å². The molecule has 27 heavy (non-hydrogen) atoms. The number of hydrogen-bond donors (Lipinski definition) is 2. The molecule has 140 valence electrons. The fraction of sp³-hybridized carbons (Fsp3) is 0.300. The Bertz CT molecular complexity index is 927. The fourth-order valence-electron chi connectivity index (χ4n) is 4.34. The van der Waals surface area contributed by atoms with Crippen LogP contribution in [-0.4, -0.2) is 28.5 Å². The van der Waals surface area contributed by atoms with Gasteiger partial charge in [-0.15, -0.1) is 0 Å². The zero-order valence-electron chi connectivity index (χ0n) is 14.5. The first kappa shape index (κ1) is 17.6. The van der Waals surface area contributed by atoms with Gasteiger partial charge in [-0.3, -0.25) is 14.8 Å². The molecule has 1 fully saturated rings. The summed E-state index contributed by atoms with van der Waals surface area (Å²) in [6, 6.07) is 8.50. The summed E-state index contributed by atoms with van der Waals surface area (Å²) in [7, 11) is 0. The third kappa shape index (κ3) is 2.98. The molecule has 0 radical (unpaired) electrons. The van der Waals surface area contributed by atoms with Gasteiger partial charge in [0.2, 0.25) is 5.91 Å². The van der Waals surface area contributed by atoms with Crippen LogP contribution >= 0.6 is 0 Å². The number of carbonyl (C=O) groups excluding carboxylic acids is 2. The maximum Gasteiger partial charge on any atom is 0.274 e. The largest absolute Gasteiger partial charge is 0.338 e. The molecule has 5 nitrogen and oxygen atoms in total. The second-order valence-corrected chi connectivity index (χ2v) is 7.27. The van der Waals surface area contributed by atoms with Crippen molar-refractivity contribution < 1.29 is 23.6 Å². The molecule has 0 bridgehead atoms. The number of fused-ring (bicyclic) bond motifs is 1. The molecule has 0 aromatic heterocycles. The van der Waals surface area contributed by atoms with Crippen molar-refractivity contribution in [2.45, 2.75) is 25.8 Å². The lowest BCUT2D eigenvalue weighted by atomic mass is 9.83. The summed E-state index contributed by atoms with van der Waals surface area (Å²) in [6.07, 6.45) is 1.54. The summed E-state index contributed by atoms with van der Waals surface area (Å²) in [5.41, 5.74) is 3.48. The molecule has 2 N–H and O–H groups in total. The Balaban J connectivity index is 1.58. The second kappa shape index (κ2) is 6.42. The molecular weight excluding hydrogens is 354 g/mol. The molecule has 0 saturated carbocycles. The minimum absolute atomic E-state index is 0.0706. The molecule has 2 aliphatic rings. The normalized spacial score (nSPS) is 21.0. The SMILES string of the molecule is O=C(NO)c1cccc2c1CC1(CCN(Cc3cc(F)cc(F)c3)C1=O)C2. The predicted molar refractivity (Wildman–Crippen MR) is 91.9 cm³/mol. The number of likely N-dealkylation sites (tertiary alicyclic amines) is 1. The first-order valence-electron chi connectivity index (χ1n) is 8.71.